The van der Waals surface area contributed by atoms with Crippen molar-refractivity contribution in [3.8, 4) is 0 Å². The Morgan fingerprint density at radius 1 is 1.35 bits per heavy atom. The van der Waals surface area contributed by atoms with E-state index in [9.17, 15) is 5.11 Å². The highest BCUT2D eigenvalue weighted by Crippen LogP contribution is 2.26. The van der Waals surface area contributed by atoms with Crippen molar-refractivity contribution in [2.24, 2.45) is 5.11 Å². The van der Waals surface area contributed by atoms with E-state index in [2.05, 4.69) is 10.0 Å². The fourth-order valence-corrected chi connectivity index (χ4v) is 2.08. The smallest absolute Gasteiger partial charge is 0.0886 e. The zero-order valence-electron chi connectivity index (χ0n) is 9.44. The third-order valence-electron chi connectivity index (χ3n) is 3.03. The van der Waals surface area contributed by atoms with Crippen LogP contribution in [0.5, 0.6) is 0 Å². The Balaban J connectivity index is 1.87. The zero-order valence-corrected chi connectivity index (χ0v) is 9.44. The second-order valence-corrected chi connectivity index (χ2v) is 4.18. The Hall–Kier alpha value is -1.55. The molecule has 5 heteroatoms. The minimum Gasteiger partial charge on any atom is -0.390 e. The van der Waals surface area contributed by atoms with Crippen molar-refractivity contribution in [1.29, 1.82) is 0 Å². The highest BCUT2D eigenvalue weighted by atomic mass is 16.5. The molecule has 0 amide bonds. The summed E-state index contributed by atoms with van der Waals surface area (Å²) in [4.78, 5) is 2.73. The number of hydrogen-bond acceptors (Lipinski definition) is 3. The molecule has 1 aliphatic carbocycles. The molecule has 1 aromatic rings. The highest BCUT2D eigenvalue weighted by Gasteiger charge is 2.34. The molecule has 0 spiro atoms. The third-order valence-corrected chi connectivity index (χ3v) is 3.03. The molecule has 5 nitrogen and oxygen atoms in total. The molecular formula is C12H15N3O2. The minimum atomic E-state index is -0.686. The largest absolute Gasteiger partial charge is 0.390 e. The van der Waals surface area contributed by atoms with Crippen LogP contribution in [0.2, 0.25) is 0 Å². The van der Waals surface area contributed by atoms with Crippen LogP contribution in [0.1, 0.15) is 18.4 Å². The summed E-state index contributed by atoms with van der Waals surface area (Å²) in [5.41, 5.74) is 9.42. The molecule has 1 unspecified atom stereocenters. The summed E-state index contributed by atoms with van der Waals surface area (Å²) in [5, 5.41) is 13.4. The molecule has 3 atom stereocenters. The SMILES string of the molecule is [N-]=[N+]=NC1CC[C@H](OCc2ccccc2)[C@H]1O. The number of aliphatic hydroxyl groups is 1. The molecule has 1 aromatic carbocycles. The fraction of sp³-hybridized carbons (Fsp3) is 0.500. The molecule has 0 heterocycles. The fourth-order valence-electron chi connectivity index (χ4n) is 2.08. The lowest BCUT2D eigenvalue weighted by Crippen LogP contribution is -2.29. The average Bonchev–Trinajstić information content (AvgIpc) is 2.70. The van der Waals surface area contributed by atoms with Gasteiger partial charge in [0.2, 0.25) is 0 Å². The summed E-state index contributed by atoms with van der Waals surface area (Å²) in [5.74, 6) is 0. The Morgan fingerprint density at radius 2 is 2.12 bits per heavy atom. The topological polar surface area (TPSA) is 78.2 Å². The molecule has 17 heavy (non-hydrogen) atoms. The van der Waals surface area contributed by atoms with Gasteiger partial charge in [-0.3, -0.25) is 0 Å². The summed E-state index contributed by atoms with van der Waals surface area (Å²) >= 11 is 0. The van der Waals surface area contributed by atoms with E-state index in [1.165, 1.54) is 0 Å². The number of aliphatic hydroxyl groups excluding tert-OH is 1. The summed E-state index contributed by atoms with van der Waals surface area (Å²) in [6.07, 6.45) is 0.503. The van der Waals surface area contributed by atoms with Crippen molar-refractivity contribution >= 4 is 0 Å². The van der Waals surface area contributed by atoms with E-state index in [-0.39, 0.29) is 12.1 Å². The van der Waals surface area contributed by atoms with E-state index < -0.39 is 6.10 Å². The van der Waals surface area contributed by atoms with E-state index in [1.807, 2.05) is 30.3 Å². The lowest BCUT2D eigenvalue weighted by Gasteiger charge is -2.17. The normalized spacial score (nSPS) is 27.7. The first-order valence-electron chi connectivity index (χ1n) is 5.69. The summed E-state index contributed by atoms with van der Waals surface area (Å²) in [6.45, 7) is 0.478. The van der Waals surface area contributed by atoms with Gasteiger partial charge in [0.25, 0.3) is 0 Å². The predicted octanol–water partition coefficient (Wildman–Crippen LogP) is 2.41. The van der Waals surface area contributed by atoms with Crippen LogP contribution in [-0.4, -0.2) is 23.4 Å². The third kappa shape index (κ3) is 2.97. The monoisotopic (exact) mass is 233 g/mol. The number of benzene rings is 1. The van der Waals surface area contributed by atoms with Gasteiger partial charge < -0.3 is 9.84 Å². The number of azide groups is 1. The van der Waals surface area contributed by atoms with E-state index in [1.54, 1.807) is 0 Å². The van der Waals surface area contributed by atoms with Crippen molar-refractivity contribution in [2.45, 2.75) is 37.7 Å². The number of hydrogen-bond donors (Lipinski definition) is 1. The van der Waals surface area contributed by atoms with E-state index in [0.717, 1.165) is 12.0 Å². The van der Waals surface area contributed by atoms with Gasteiger partial charge in [-0.15, -0.1) is 0 Å². The maximum absolute atomic E-state index is 9.87. The van der Waals surface area contributed by atoms with Crippen LogP contribution in [0.4, 0.5) is 0 Å². The molecule has 2 rings (SSSR count). The minimum absolute atomic E-state index is 0.231. The zero-order chi connectivity index (χ0) is 12.1. The van der Waals surface area contributed by atoms with Crippen LogP contribution < -0.4 is 0 Å². The molecule has 0 radical (unpaired) electrons. The molecule has 1 N–H and O–H groups in total. The van der Waals surface area contributed by atoms with Gasteiger partial charge in [0.1, 0.15) is 0 Å². The maximum atomic E-state index is 9.87. The van der Waals surface area contributed by atoms with Gasteiger partial charge in [0.15, 0.2) is 0 Å². The molecule has 90 valence electrons. The number of nitrogens with zero attached hydrogens (tertiary/aromatic N) is 3. The second kappa shape index (κ2) is 5.68. The van der Waals surface area contributed by atoms with Gasteiger partial charge in [-0.25, -0.2) is 0 Å². The Morgan fingerprint density at radius 3 is 2.82 bits per heavy atom. The van der Waals surface area contributed by atoms with Crippen molar-refractivity contribution in [2.75, 3.05) is 0 Å². The quantitative estimate of drug-likeness (QED) is 0.492. The van der Waals surface area contributed by atoms with Crippen LogP contribution in [0, 0.1) is 0 Å². The van der Waals surface area contributed by atoms with E-state index >= 15 is 0 Å². The Bertz CT molecular complexity index is 403. The van der Waals surface area contributed by atoms with E-state index in [0.29, 0.717) is 13.0 Å². The van der Waals surface area contributed by atoms with Crippen LogP contribution in [0.15, 0.2) is 35.4 Å². The second-order valence-electron chi connectivity index (χ2n) is 4.18. The maximum Gasteiger partial charge on any atom is 0.0886 e. The summed E-state index contributed by atoms with van der Waals surface area (Å²) in [7, 11) is 0. The van der Waals surface area contributed by atoms with Crippen molar-refractivity contribution < 1.29 is 9.84 Å². The Labute approximate surface area is 99.7 Å². The van der Waals surface area contributed by atoms with Crippen LogP contribution in [-0.2, 0) is 11.3 Å². The van der Waals surface area contributed by atoms with Gasteiger partial charge in [-0.05, 0) is 23.9 Å². The first kappa shape index (κ1) is 11.9. The van der Waals surface area contributed by atoms with Gasteiger partial charge in [-0.1, -0.05) is 35.4 Å². The summed E-state index contributed by atoms with van der Waals surface area (Å²) < 4.78 is 5.64. The van der Waals surface area contributed by atoms with Gasteiger partial charge in [-0.2, -0.15) is 0 Å². The van der Waals surface area contributed by atoms with Crippen molar-refractivity contribution in [3.63, 3.8) is 0 Å². The number of ether oxygens (including phenoxy) is 1. The lowest BCUT2D eigenvalue weighted by atomic mass is 10.2. The van der Waals surface area contributed by atoms with Crippen molar-refractivity contribution in [1.82, 2.24) is 0 Å². The standard InChI is InChI=1S/C12H15N3O2/c13-15-14-10-6-7-11(12(10)16)17-8-9-4-2-1-3-5-9/h1-5,10-12,16H,6-8H2/t10?,11-,12-/m0/s1. The molecule has 0 saturated heterocycles. The first-order valence-corrected chi connectivity index (χ1v) is 5.69. The molecular weight excluding hydrogens is 218 g/mol. The van der Waals surface area contributed by atoms with Crippen LogP contribution in [0.3, 0.4) is 0 Å². The Kier molecular flexibility index (Phi) is 3.98. The highest BCUT2D eigenvalue weighted by molar-refractivity contribution is 5.13. The predicted molar refractivity (Wildman–Crippen MR) is 63.2 cm³/mol. The molecule has 0 bridgehead atoms. The average molecular weight is 233 g/mol. The first-order chi connectivity index (χ1) is 8.31. The lowest BCUT2D eigenvalue weighted by molar-refractivity contribution is -0.0312. The van der Waals surface area contributed by atoms with Gasteiger partial charge >= 0.3 is 0 Å². The number of rotatable bonds is 4. The molecule has 1 saturated carbocycles. The van der Waals surface area contributed by atoms with Gasteiger partial charge in [0.05, 0.1) is 24.9 Å². The molecule has 1 fully saturated rings. The van der Waals surface area contributed by atoms with E-state index in [4.69, 9.17) is 10.3 Å². The van der Waals surface area contributed by atoms with Gasteiger partial charge in [0, 0.05) is 4.91 Å². The molecule has 1 aliphatic rings. The summed E-state index contributed by atoms with van der Waals surface area (Å²) in [6, 6.07) is 9.46. The molecule has 0 aromatic heterocycles. The van der Waals surface area contributed by atoms with Crippen LogP contribution >= 0.6 is 0 Å². The van der Waals surface area contributed by atoms with Crippen LogP contribution in [0.25, 0.3) is 10.4 Å². The van der Waals surface area contributed by atoms with Crippen molar-refractivity contribution in [3.05, 3.63) is 46.3 Å². The molecule has 0 aliphatic heterocycles.